The van der Waals surface area contributed by atoms with Crippen molar-refractivity contribution in [3.63, 3.8) is 0 Å². The van der Waals surface area contributed by atoms with Crippen LogP contribution in [0.2, 0.25) is 0 Å². The van der Waals surface area contributed by atoms with Gasteiger partial charge in [0, 0.05) is 38.4 Å². The quantitative estimate of drug-likeness (QED) is 0.691. The van der Waals surface area contributed by atoms with Crippen LogP contribution in [0.4, 0.5) is 0 Å². The minimum atomic E-state index is -3.69. The third-order valence-corrected chi connectivity index (χ3v) is 7.04. The Labute approximate surface area is 166 Å². The summed E-state index contributed by atoms with van der Waals surface area (Å²) < 4.78 is 27.7. The number of hydrogen-bond donors (Lipinski definition) is 1. The number of amides is 1. The molecule has 1 amide bonds. The molecule has 1 atom stereocenters. The zero-order valence-corrected chi connectivity index (χ0v) is 17.7. The molecule has 1 fully saturated rings. The van der Waals surface area contributed by atoms with E-state index in [0.717, 1.165) is 11.0 Å². The summed E-state index contributed by atoms with van der Waals surface area (Å²) in [6.45, 7) is 7.67. The second-order valence-electron chi connectivity index (χ2n) is 7.00. The predicted octanol–water partition coefficient (Wildman–Crippen LogP) is 0.498. The monoisotopic (exact) mass is 420 g/mol. The summed E-state index contributed by atoms with van der Waals surface area (Å²) in [6, 6.07) is 2.48. The summed E-state index contributed by atoms with van der Waals surface area (Å²) >= 11 is 0. The molecule has 154 valence electrons. The minimum Gasteiger partial charge on any atom is -0.341 e. The molecule has 1 saturated heterocycles. The van der Waals surface area contributed by atoms with Gasteiger partial charge in [0.05, 0.1) is 4.90 Å². The first-order chi connectivity index (χ1) is 12.2. The van der Waals surface area contributed by atoms with Crippen molar-refractivity contribution >= 4 is 28.3 Å². The largest absolute Gasteiger partial charge is 0.341 e. The Morgan fingerprint density at radius 2 is 1.93 bits per heavy atom. The predicted molar refractivity (Wildman–Crippen MR) is 106 cm³/mol. The molecule has 1 aliphatic rings. The maximum absolute atomic E-state index is 12.6. The molecule has 1 aromatic heterocycles. The average molecular weight is 421 g/mol. The lowest BCUT2D eigenvalue weighted by molar-refractivity contribution is -0.131. The molecule has 8 nitrogen and oxygen atoms in total. The summed E-state index contributed by atoms with van der Waals surface area (Å²) in [7, 11) is -3.69. The maximum atomic E-state index is 12.6. The van der Waals surface area contributed by atoms with Gasteiger partial charge in [-0.25, -0.2) is 8.42 Å². The van der Waals surface area contributed by atoms with Crippen LogP contribution in [-0.2, 0) is 21.4 Å². The number of hydrogen-bond acceptors (Lipinski definition) is 5. The van der Waals surface area contributed by atoms with Crippen LogP contribution in [-0.4, -0.2) is 60.8 Å². The third-order valence-electron chi connectivity index (χ3n) is 5.01. The fourth-order valence-corrected chi connectivity index (χ4v) is 4.63. The van der Waals surface area contributed by atoms with Crippen molar-refractivity contribution in [2.75, 3.05) is 32.7 Å². The van der Waals surface area contributed by atoms with Crippen molar-refractivity contribution in [2.45, 2.75) is 38.6 Å². The normalized spacial score (nSPS) is 20.0. The van der Waals surface area contributed by atoms with Crippen LogP contribution >= 0.6 is 12.4 Å². The number of nitrogens with two attached hydrogens (primary N) is 1. The highest BCUT2D eigenvalue weighted by atomic mass is 35.5. The van der Waals surface area contributed by atoms with E-state index in [9.17, 15) is 18.0 Å². The second kappa shape index (κ2) is 9.18. The first-order valence-electron chi connectivity index (χ1n) is 8.85. The molecular formula is C17H29ClN4O4S. The van der Waals surface area contributed by atoms with Gasteiger partial charge < -0.3 is 15.2 Å². The number of rotatable bonds is 7. The van der Waals surface area contributed by atoms with Crippen LogP contribution < -0.4 is 11.3 Å². The molecule has 0 bridgehead atoms. The van der Waals surface area contributed by atoms with Gasteiger partial charge in [0.1, 0.15) is 6.54 Å². The molecule has 2 N–H and O–H groups in total. The van der Waals surface area contributed by atoms with Crippen LogP contribution in [0.1, 0.15) is 27.2 Å². The van der Waals surface area contributed by atoms with Gasteiger partial charge in [-0.2, -0.15) is 4.31 Å². The van der Waals surface area contributed by atoms with Crippen LogP contribution in [0.5, 0.6) is 0 Å². The molecule has 0 aliphatic carbocycles. The highest BCUT2D eigenvalue weighted by Gasteiger charge is 2.35. The Bertz CT molecular complexity index is 822. The average Bonchev–Trinajstić information content (AvgIpc) is 3.00. The van der Waals surface area contributed by atoms with E-state index in [4.69, 9.17) is 5.73 Å². The van der Waals surface area contributed by atoms with Crippen LogP contribution in [0, 0.1) is 5.41 Å². The Balaban J connectivity index is 0.00000364. The summed E-state index contributed by atoms with van der Waals surface area (Å²) in [5.41, 5.74) is 5.26. The molecule has 0 spiro atoms. The summed E-state index contributed by atoms with van der Waals surface area (Å²) in [4.78, 5) is 26.3. The van der Waals surface area contributed by atoms with Crippen LogP contribution in [0.15, 0.2) is 28.0 Å². The number of aromatic nitrogens is 1. The van der Waals surface area contributed by atoms with Gasteiger partial charge in [-0.15, -0.1) is 12.4 Å². The first kappa shape index (κ1) is 23.6. The lowest BCUT2D eigenvalue weighted by Gasteiger charge is -2.23. The second-order valence-corrected chi connectivity index (χ2v) is 8.94. The minimum absolute atomic E-state index is 0. The van der Waals surface area contributed by atoms with Gasteiger partial charge in [-0.3, -0.25) is 9.59 Å². The van der Waals surface area contributed by atoms with Gasteiger partial charge >= 0.3 is 0 Å². The molecule has 27 heavy (non-hydrogen) atoms. The van der Waals surface area contributed by atoms with E-state index in [1.54, 1.807) is 18.7 Å². The van der Waals surface area contributed by atoms with E-state index < -0.39 is 15.6 Å². The smallest absolute Gasteiger partial charge is 0.251 e. The summed E-state index contributed by atoms with van der Waals surface area (Å²) in [5.74, 6) is -0.207. The molecular weight excluding hydrogens is 392 g/mol. The SMILES string of the molecule is CCN(CC)S(=O)(=O)c1ccc(=O)n(CC(=O)N2CCC(C)(CN)C2)c1.Cl. The lowest BCUT2D eigenvalue weighted by Crippen LogP contribution is -2.38. The Hall–Kier alpha value is -1.42. The van der Waals surface area contributed by atoms with Crippen molar-refractivity contribution in [3.05, 3.63) is 28.7 Å². The molecule has 10 heteroatoms. The molecule has 2 heterocycles. The Morgan fingerprint density at radius 3 is 2.44 bits per heavy atom. The van der Waals surface area contributed by atoms with Gasteiger partial charge in [0.2, 0.25) is 15.9 Å². The van der Waals surface area contributed by atoms with Gasteiger partial charge in [-0.05, 0) is 24.4 Å². The van der Waals surface area contributed by atoms with Gasteiger partial charge in [0.15, 0.2) is 0 Å². The number of pyridine rings is 1. The van der Waals surface area contributed by atoms with E-state index in [1.807, 2.05) is 6.92 Å². The van der Waals surface area contributed by atoms with Crippen molar-refractivity contribution in [2.24, 2.45) is 11.1 Å². The van der Waals surface area contributed by atoms with Crippen LogP contribution in [0.3, 0.4) is 0 Å². The molecule has 1 aromatic rings. The number of halogens is 1. The number of sulfonamides is 1. The van der Waals surface area contributed by atoms with Gasteiger partial charge in [0.25, 0.3) is 5.56 Å². The fraction of sp³-hybridized carbons (Fsp3) is 0.647. The molecule has 1 aliphatic heterocycles. The Kier molecular flexibility index (Phi) is 8.03. The standard InChI is InChI=1S/C17H28N4O4S.ClH/c1-4-21(5-2)26(24,25)14-6-7-15(22)20(10-14)11-16(23)19-9-8-17(3,12-18)13-19;/h6-7,10H,4-5,8-9,11-13,18H2,1-3H3;1H. The number of carbonyl (C=O) groups excluding carboxylic acids is 1. The number of likely N-dealkylation sites (tertiary alicyclic amines) is 1. The lowest BCUT2D eigenvalue weighted by atomic mass is 9.90. The summed E-state index contributed by atoms with van der Waals surface area (Å²) in [5, 5.41) is 0. The van der Waals surface area contributed by atoms with E-state index >= 15 is 0 Å². The van der Waals surface area contributed by atoms with Crippen molar-refractivity contribution < 1.29 is 13.2 Å². The van der Waals surface area contributed by atoms with Crippen molar-refractivity contribution in [1.82, 2.24) is 13.8 Å². The van der Waals surface area contributed by atoms with E-state index in [-0.39, 0.29) is 35.2 Å². The highest BCUT2D eigenvalue weighted by molar-refractivity contribution is 7.89. The van der Waals surface area contributed by atoms with Gasteiger partial charge in [-0.1, -0.05) is 20.8 Å². The molecule has 0 radical (unpaired) electrons. The van der Waals surface area contributed by atoms with Crippen LogP contribution in [0.25, 0.3) is 0 Å². The molecule has 0 aromatic carbocycles. The Morgan fingerprint density at radius 1 is 1.30 bits per heavy atom. The van der Waals surface area contributed by atoms with Crippen molar-refractivity contribution in [3.8, 4) is 0 Å². The van der Waals surface area contributed by atoms with E-state index in [0.29, 0.717) is 32.7 Å². The highest BCUT2D eigenvalue weighted by Crippen LogP contribution is 2.28. The number of nitrogens with zero attached hydrogens (tertiary/aromatic N) is 3. The fourth-order valence-electron chi connectivity index (χ4n) is 3.15. The molecule has 0 saturated carbocycles. The topological polar surface area (TPSA) is 106 Å². The first-order valence-corrected chi connectivity index (χ1v) is 10.3. The molecule has 2 rings (SSSR count). The number of carbonyl (C=O) groups is 1. The zero-order chi connectivity index (χ0) is 19.5. The van der Waals surface area contributed by atoms with Crippen molar-refractivity contribution in [1.29, 1.82) is 0 Å². The summed E-state index contributed by atoms with van der Waals surface area (Å²) in [6.07, 6.45) is 2.08. The molecule has 1 unspecified atom stereocenters. The van der Waals surface area contributed by atoms with E-state index in [1.165, 1.54) is 22.6 Å². The zero-order valence-electron chi connectivity index (χ0n) is 16.1. The maximum Gasteiger partial charge on any atom is 0.251 e. The third kappa shape index (κ3) is 5.10. The van der Waals surface area contributed by atoms with E-state index in [2.05, 4.69) is 0 Å².